The lowest BCUT2D eigenvalue weighted by molar-refractivity contribution is -0.120. The predicted molar refractivity (Wildman–Crippen MR) is 89.8 cm³/mol. The number of phenolic OH excluding ortho intramolecular Hbond substituents is 1. The Kier molecular flexibility index (Phi) is 3.30. The van der Waals surface area contributed by atoms with Gasteiger partial charge in [0.25, 0.3) is 5.91 Å². The highest BCUT2D eigenvalue weighted by atomic mass is 16.3. The van der Waals surface area contributed by atoms with Crippen LogP contribution in [0.5, 0.6) is 5.75 Å². The Morgan fingerprint density at radius 2 is 1.88 bits per heavy atom. The molecule has 1 unspecified atom stereocenters. The highest BCUT2D eigenvalue weighted by molar-refractivity contribution is 6.21. The molecule has 2 aliphatic rings. The number of anilines is 1. The Labute approximate surface area is 140 Å². The van der Waals surface area contributed by atoms with Crippen LogP contribution in [0.3, 0.4) is 0 Å². The largest absolute Gasteiger partial charge is 0.508 e. The molecule has 5 nitrogen and oxygen atoms in total. The number of rotatable bonds is 2. The van der Waals surface area contributed by atoms with Crippen molar-refractivity contribution in [3.05, 3.63) is 59.7 Å². The number of amides is 3. The minimum atomic E-state index is -0.503. The van der Waals surface area contributed by atoms with Crippen molar-refractivity contribution >= 4 is 17.6 Å². The standard InChI is InChI=1S/C19H18N2O3/c1-2-16-15-9-8-14(22)10-12(15)11-17-18(23)20(19(24)21(16)17)13-6-4-3-5-7-13/h3-10,16-17,22H,2,11H2,1H3/t16?,17-/m0/s1. The Balaban J connectivity index is 1.79. The number of fused-ring (bicyclic) bond motifs is 2. The van der Waals surface area contributed by atoms with Crippen LogP contribution in [0.1, 0.15) is 30.5 Å². The van der Waals surface area contributed by atoms with Gasteiger partial charge in [-0.15, -0.1) is 0 Å². The average Bonchev–Trinajstić information content (AvgIpc) is 2.84. The number of carbonyl (C=O) groups is 2. The molecule has 2 atom stereocenters. The zero-order valence-corrected chi connectivity index (χ0v) is 13.3. The van der Waals surface area contributed by atoms with Crippen LogP contribution >= 0.6 is 0 Å². The topological polar surface area (TPSA) is 60.9 Å². The van der Waals surface area contributed by atoms with E-state index in [-0.39, 0.29) is 23.7 Å². The molecule has 1 fully saturated rings. The lowest BCUT2D eigenvalue weighted by Crippen LogP contribution is -2.43. The van der Waals surface area contributed by atoms with E-state index in [0.29, 0.717) is 12.1 Å². The maximum absolute atomic E-state index is 13.0. The van der Waals surface area contributed by atoms with Crippen LogP contribution in [0.2, 0.25) is 0 Å². The van der Waals surface area contributed by atoms with Gasteiger partial charge in [-0.3, -0.25) is 4.79 Å². The van der Waals surface area contributed by atoms with E-state index < -0.39 is 6.04 Å². The van der Waals surface area contributed by atoms with Gasteiger partial charge in [0.2, 0.25) is 0 Å². The molecule has 3 amide bonds. The number of carbonyl (C=O) groups excluding carboxylic acids is 2. The molecule has 1 saturated heterocycles. The molecule has 4 rings (SSSR count). The number of hydrogen-bond acceptors (Lipinski definition) is 3. The molecule has 1 N–H and O–H groups in total. The fourth-order valence-electron chi connectivity index (χ4n) is 3.83. The van der Waals surface area contributed by atoms with Crippen LogP contribution in [0.15, 0.2) is 48.5 Å². The Morgan fingerprint density at radius 3 is 2.58 bits per heavy atom. The third-order valence-electron chi connectivity index (χ3n) is 4.89. The second-order valence-electron chi connectivity index (χ2n) is 6.23. The number of urea groups is 1. The molecule has 0 aliphatic carbocycles. The molecule has 0 aromatic heterocycles. The van der Waals surface area contributed by atoms with Crippen molar-refractivity contribution in [2.24, 2.45) is 0 Å². The molecule has 2 aromatic carbocycles. The van der Waals surface area contributed by atoms with Crippen LogP contribution in [0.25, 0.3) is 0 Å². The zero-order valence-electron chi connectivity index (χ0n) is 13.3. The predicted octanol–water partition coefficient (Wildman–Crippen LogP) is 3.24. The van der Waals surface area contributed by atoms with E-state index in [2.05, 4.69) is 0 Å². The van der Waals surface area contributed by atoms with Crippen molar-refractivity contribution in [2.45, 2.75) is 31.8 Å². The minimum Gasteiger partial charge on any atom is -0.508 e. The number of imide groups is 1. The number of phenols is 1. The summed E-state index contributed by atoms with van der Waals surface area (Å²) in [5, 5.41) is 9.76. The highest BCUT2D eigenvalue weighted by Crippen LogP contribution is 2.41. The van der Waals surface area contributed by atoms with E-state index in [0.717, 1.165) is 17.5 Å². The molecule has 5 heteroatoms. The monoisotopic (exact) mass is 322 g/mol. The van der Waals surface area contributed by atoms with E-state index in [1.165, 1.54) is 4.90 Å². The molecule has 2 heterocycles. The van der Waals surface area contributed by atoms with Gasteiger partial charge < -0.3 is 10.0 Å². The van der Waals surface area contributed by atoms with Crippen LogP contribution < -0.4 is 4.90 Å². The van der Waals surface area contributed by atoms with E-state index in [1.807, 2.05) is 31.2 Å². The lowest BCUT2D eigenvalue weighted by Gasteiger charge is -2.36. The van der Waals surface area contributed by atoms with Crippen molar-refractivity contribution in [3.8, 4) is 5.75 Å². The quantitative estimate of drug-likeness (QED) is 0.864. The zero-order chi connectivity index (χ0) is 16.8. The van der Waals surface area contributed by atoms with Crippen molar-refractivity contribution in [1.82, 2.24) is 4.90 Å². The van der Waals surface area contributed by atoms with Crippen LogP contribution in [-0.4, -0.2) is 28.0 Å². The van der Waals surface area contributed by atoms with Crippen molar-refractivity contribution in [2.75, 3.05) is 4.90 Å². The van der Waals surface area contributed by atoms with E-state index >= 15 is 0 Å². The number of nitrogens with zero attached hydrogens (tertiary/aromatic N) is 2. The fraction of sp³-hybridized carbons (Fsp3) is 0.263. The van der Waals surface area contributed by atoms with Gasteiger partial charge in [0.1, 0.15) is 11.8 Å². The Hall–Kier alpha value is -2.82. The van der Waals surface area contributed by atoms with E-state index in [1.54, 1.807) is 29.2 Å². The molecular weight excluding hydrogens is 304 g/mol. The Morgan fingerprint density at radius 1 is 1.12 bits per heavy atom. The Bertz CT molecular complexity index is 819. The van der Waals surface area contributed by atoms with E-state index in [9.17, 15) is 14.7 Å². The first-order valence-electron chi connectivity index (χ1n) is 8.15. The molecule has 0 spiro atoms. The van der Waals surface area contributed by atoms with E-state index in [4.69, 9.17) is 0 Å². The summed E-state index contributed by atoms with van der Waals surface area (Å²) in [5.74, 6) is -0.00705. The van der Waals surface area contributed by atoms with Gasteiger partial charge in [0, 0.05) is 6.42 Å². The SMILES string of the molecule is CCC1c2ccc(O)cc2C[C@H]2C(=O)N(c3ccccc3)C(=O)N12. The molecule has 24 heavy (non-hydrogen) atoms. The summed E-state index contributed by atoms with van der Waals surface area (Å²) in [6.45, 7) is 2.01. The van der Waals surface area contributed by atoms with Gasteiger partial charge in [-0.2, -0.15) is 0 Å². The fourth-order valence-corrected chi connectivity index (χ4v) is 3.83. The maximum atomic E-state index is 13.0. The molecule has 2 aromatic rings. The minimum absolute atomic E-state index is 0.149. The van der Waals surface area contributed by atoms with Gasteiger partial charge in [0.05, 0.1) is 11.7 Å². The molecular formula is C19H18N2O3. The number of para-hydroxylation sites is 1. The summed E-state index contributed by atoms with van der Waals surface area (Å²) in [6, 6.07) is 13.3. The molecule has 2 aliphatic heterocycles. The molecule has 0 saturated carbocycles. The lowest BCUT2D eigenvalue weighted by atomic mass is 9.87. The average molecular weight is 322 g/mol. The van der Waals surface area contributed by atoms with Gasteiger partial charge >= 0.3 is 6.03 Å². The van der Waals surface area contributed by atoms with Gasteiger partial charge in [-0.25, -0.2) is 9.69 Å². The normalized spacial score (nSPS) is 22.5. The van der Waals surface area contributed by atoms with Crippen LogP contribution in [-0.2, 0) is 11.2 Å². The molecule has 0 bridgehead atoms. The summed E-state index contributed by atoms with van der Waals surface area (Å²) in [5.41, 5.74) is 2.56. The van der Waals surface area contributed by atoms with Crippen LogP contribution in [0, 0.1) is 0 Å². The second-order valence-corrected chi connectivity index (χ2v) is 6.23. The van der Waals surface area contributed by atoms with Crippen molar-refractivity contribution in [3.63, 3.8) is 0 Å². The maximum Gasteiger partial charge on any atom is 0.332 e. The van der Waals surface area contributed by atoms with Gasteiger partial charge in [-0.1, -0.05) is 31.2 Å². The summed E-state index contributed by atoms with van der Waals surface area (Å²) in [6.07, 6.45) is 1.16. The summed E-state index contributed by atoms with van der Waals surface area (Å²) >= 11 is 0. The third-order valence-corrected chi connectivity index (χ3v) is 4.89. The number of benzene rings is 2. The van der Waals surface area contributed by atoms with Crippen molar-refractivity contribution in [1.29, 1.82) is 0 Å². The first-order valence-corrected chi connectivity index (χ1v) is 8.15. The highest BCUT2D eigenvalue weighted by Gasteiger charge is 2.51. The van der Waals surface area contributed by atoms with Gasteiger partial charge in [-0.05, 0) is 41.8 Å². The third kappa shape index (κ3) is 2.01. The van der Waals surface area contributed by atoms with Crippen LogP contribution in [0.4, 0.5) is 10.5 Å². The van der Waals surface area contributed by atoms with Crippen molar-refractivity contribution < 1.29 is 14.7 Å². The second kappa shape index (κ2) is 5.37. The number of aromatic hydroxyl groups is 1. The summed E-state index contributed by atoms with van der Waals surface area (Å²) in [4.78, 5) is 28.9. The van der Waals surface area contributed by atoms with Gasteiger partial charge in [0.15, 0.2) is 0 Å². The molecule has 0 radical (unpaired) electrons. The first kappa shape index (κ1) is 14.8. The smallest absolute Gasteiger partial charge is 0.332 e. The first-order chi connectivity index (χ1) is 11.6. The summed E-state index contributed by atoms with van der Waals surface area (Å²) < 4.78 is 0. The number of hydrogen-bond donors (Lipinski definition) is 1. The molecule has 122 valence electrons. The summed E-state index contributed by atoms with van der Waals surface area (Å²) in [7, 11) is 0.